The molecule has 3 rings (SSSR count). The van der Waals surface area contributed by atoms with Gasteiger partial charge in [0.25, 0.3) is 0 Å². The van der Waals surface area contributed by atoms with Crippen molar-refractivity contribution in [2.75, 3.05) is 13.1 Å². The lowest BCUT2D eigenvalue weighted by molar-refractivity contribution is -0.176. The summed E-state index contributed by atoms with van der Waals surface area (Å²) in [6, 6.07) is 3.32. The first-order valence-corrected chi connectivity index (χ1v) is 16.0. The number of halogens is 3. The van der Waals surface area contributed by atoms with Crippen molar-refractivity contribution in [3.63, 3.8) is 0 Å². The van der Waals surface area contributed by atoms with E-state index in [4.69, 9.17) is 4.74 Å². The molecule has 11 nitrogen and oxygen atoms in total. The molecule has 0 spiro atoms. The molecule has 2 saturated heterocycles. The Morgan fingerprint density at radius 1 is 1.02 bits per heavy atom. The number of hydrogen-bond acceptors (Lipinski definition) is 7. The molecule has 2 heterocycles. The molecule has 3 N–H and O–H groups in total. The molecule has 0 aliphatic carbocycles. The molecule has 0 radical (unpaired) electrons. The number of nitrogens with one attached hydrogen (secondary N) is 3. The Balaban J connectivity index is 1.96. The summed E-state index contributed by atoms with van der Waals surface area (Å²) in [6.07, 6.45) is -4.04. The summed E-state index contributed by atoms with van der Waals surface area (Å²) in [5.41, 5.74) is -1.10. The number of carbonyl (C=O) groups is 6. The molecule has 260 valence electrons. The zero-order valence-corrected chi connectivity index (χ0v) is 27.4. The number of likely N-dealkylation sites (tertiary alicyclic amines) is 1. The van der Waals surface area contributed by atoms with Crippen LogP contribution in [0.3, 0.4) is 0 Å². The van der Waals surface area contributed by atoms with Gasteiger partial charge in [-0.1, -0.05) is 65.0 Å². The predicted octanol–water partition coefficient (Wildman–Crippen LogP) is 3.11. The molecule has 4 amide bonds. The van der Waals surface area contributed by atoms with E-state index >= 15 is 0 Å². The van der Waals surface area contributed by atoms with Gasteiger partial charge >= 0.3 is 12.1 Å². The number of hydrogen-bond donors (Lipinski definition) is 3. The summed E-state index contributed by atoms with van der Waals surface area (Å²) < 4.78 is 45.9. The van der Waals surface area contributed by atoms with Crippen LogP contribution in [0.2, 0.25) is 0 Å². The number of rotatable bonds is 13. The van der Waals surface area contributed by atoms with Gasteiger partial charge in [0.1, 0.15) is 12.1 Å². The van der Waals surface area contributed by atoms with Crippen molar-refractivity contribution in [3.8, 4) is 0 Å². The van der Waals surface area contributed by atoms with Crippen LogP contribution < -0.4 is 16.0 Å². The third-order valence-electron chi connectivity index (χ3n) is 8.60. The maximum absolute atomic E-state index is 14.0. The largest absolute Gasteiger partial charge is 0.471 e. The lowest BCUT2D eigenvalue weighted by atomic mass is 9.85. The minimum Gasteiger partial charge on any atom is -0.373 e. The molecular weight excluding hydrogens is 621 g/mol. The highest BCUT2D eigenvalue weighted by Gasteiger charge is 2.49. The lowest BCUT2D eigenvalue weighted by Crippen LogP contribution is -2.60. The Bertz CT molecular complexity index is 1310. The number of amides is 4. The molecule has 0 aromatic heterocycles. The smallest absolute Gasteiger partial charge is 0.373 e. The highest BCUT2D eigenvalue weighted by Crippen LogP contribution is 2.30. The zero-order chi connectivity index (χ0) is 35.1. The molecular formula is C33H45F3N4O7. The lowest BCUT2D eigenvalue weighted by Gasteiger charge is -2.35. The van der Waals surface area contributed by atoms with Crippen LogP contribution in [0.4, 0.5) is 13.2 Å². The average molecular weight is 667 g/mol. The zero-order valence-electron chi connectivity index (χ0n) is 27.4. The minimum atomic E-state index is -5.25. The third kappa shape index (κ3) is 9.85. The number of nitrogens with zero attached hydrogens (tertiary/aromatic N) is 1. The summed E-state index contributed by atoms with van der Waals surface area (Å²) in [5, 5.41) is 7.12. The maximum Gasteiger partial charge on any atom is 0.471 e. The standard InChI is InChI=1S/C33H45F3N4O7/c1-6-21(7-2)47-22-17-24(40(18-22)30(45)27(32(3,4)5)39-31(46)33(34,35)36)29(44)38-23(16-20-14-11-15-37-28(20)43)26(42)25(41)19-12-9-8-10-13-19/h8-10,12-13,20-24,27H,6-7,11,14-18H2,1-5H3,(H,37,43)(H,38,44)(H,39,46)/t20?,22-,23?,24+,27-/m1/s1. The fourth-order valence-electron chi connectivity index (χ4n) is 5.90. The van der Waals surface area contributed by atoms with E-state index in [0.717, 1.165) is 4.90 Å². The number of benzene rings is 1. The van der Waals surface area contributed by atoms with E-state index in [1.54, 1.807) is 23.5 Å². The number of piperidine rings is 1. The van der Waals surface area contributed by atoms with E-state index in [0.29, 0.717) is 32.2 Å². The van der Waals surface area contributed by atoms with Gasteiger partial charge < -0.3 is 25.6 Å². The quantitative estimate of drug-likeness (QED) is 0.216. The normalized spacial score (nSPS) is 21.5. The molecule has 0 saturated carbocycles. The molecule has 1 aromatic rings. The summed E-state index contributed by atoms with van der Waals surface area (Å²) in [7, 11) is 0. The van der Waals surface area contributed by atoms with E-state index in [2.05, 4.69) is 10.6 Å². The molecule has 47 heavy (non-hydrogen) atoms. The van der Waals surface area contributed by atoms with Crippen LogP contribution >= 0.6 is 0 Å². The Hall–Kier alpha value is -3.81. The van der Waals surface area contributed by atoms with Gasteiger partial charge in [-0.05, 0) is 37.5 Å². The van der Waals surface area contributed by atoms with Crippen molar-refractivity contribution in [1.82, 2.24) is 20.9 Å². The van der Waals surface area contributed by atoms with Crippen LogP contribution in [0.25, 0.3) is 0 Å². The number of ether oxygens (including phenoxy) is 1. The predicted molar refractivity (Wildman–Crippen MR) is 165 cm³/mol. The molecule has 2 aliphatic rings. The van der Waals surface area contributed by atoms with Crippen LogP contribution in [0.5, 0.6) is 0 Å². The summed E-state index contributed by atoms with van der Waals surface area (Å²) >= 11 is 0. The van der Waals surface area contributed by atoms with Gasteiger partial charge in [-0.15, -0.1) is 0 Å². The molecule has 2 aliphatic heterocycles. The molecule has 5 atom stereocenters. The number of Topliss-reactive ketones (excluding diaryl/α,β-unsaturated/α-hetero) is 2. The second kappa shape index (κ2) is 15.9. The van der Waals surface area contributed by atoms with Crippen LogP contribution in [0.15, 0.2) is 30.3 Å². The van der Waals surface area contributed by atoms with E-state index in [9.17, 15) is 41.9 Å². The van der Waals surface area contributed by atoms with Crippen molar-refractivity contribution < 1.29 is 46.7 Å². The summed E-state index contributed by atoms with van der Waals surface area (Å²) in [4.78, 5) is 80.3. The minimum absolute atomic E-state index is 0.0460. The first-order chi connectivity index (χ1) is 22.0. The number of carbonyl (C=O) groups excluding carboxylic acids is 6. The highest BCUT2D eigenvalue weighted by molar-refractivity contribution is 6.45. The van der Waals surface area contributed by atoms with Gasteiger partial charge in [-0.25, -0.2) is 0 Å². The SMILES string of the molecule is CCC(CC)O[C@@H]1C[C@@H](C(=O)NC(CC2CCCNC2=O)C(=O)C(=O)c2ccccc2)N(C(=O)[C@@H](NC(=O)C(F)(F)F)C(C)(C)C)C1. The Kier molecular flexibility index (Phi) is 12.7. The van der Waals surface area contributed by atoms with Crippen molar-refractivity contribution in [2.45, 2.75) is 110 Å². The van der Waals surface area contributed by atoms with Gasteiger partial charge in [0.05, 0.1) is 18.2 Å². The van der Waals surface area contributed by atoms with Crippen molar-refractivity contribution in [1.29, 1.82) is 0 Å². The second-order valence-electron chi connectivity index (χ2n) is 13.2. The van der Waals surface area contributed by atoms with Gasteiger partial charge in [0, 0.05) is 31.0 Å². The van der Waals surface area contributed by atoms with Crippen LogP contribution in [0, 0.1) is 11.3 Å². The first-order valence-electron chi connectivity index (χ1n) is 16.0. The van der Waals surface area contributed by atoms with Crippen molar-refractivity contribution in [2.24, 2.45) is 11.3 Å². The van der Waals surface area contributed by atoms with Crippen LogP contribution in [-0.2, 0) is 28.7 Å². The summed E-state index contributed by atoms with van der Waals surface area (Å²) in [5.74, 6) is -6.87. The maximum atomic E-state index is 14.0. The molecule has 1 aromatic carbocycles. The van der Waals surface area contributed by atoms with E-state index < -0.39 is 71.0 Å². The van der Waals surface area contributed by atoms with Crippen LogP contribution in [-0.4, -0.2) is 89.7 Å². The van der Waals surface area contributed by atoms with Gasteiger partial charge in [0.2, 0.25) is 29.3 Å². The molecule has 2 fully saturated rings. The van der Waals surface area contributed by atoms with Gasteiger partial charge in [0.15, 0.2) is 0 Å². The summed E-state index contributed by atoms with van der Waals surface area (Å²) in [6.45, 7) is 8.55. The Morgan fingerprint density at radius 2 is 1.66 bits per heavy atom. The van der Waals surface area contributed by atoms with Gasteiger partial charge in [-0.3, -0.25) is 28.8 Å². The topological polar surface area (TPSA) is 151 Å². The highest BCUT2D eigenvalue weighted by atomic mass is 19.4. The molecule has 0 bridgehead atoms. The molecule has 14 heteroatoms. The Morgan fingerprint density at radius 3 is 2.21 bits per heavy atom. The third-order valence-corrected chi connectivity index (χ3v) is 8.60. The average Bonchev–Trinajstić information content (AvgIpc) is 3.45. The van der Waals surface area contributed by atoms with Gasteiger partial charge in [-0.2, -0.15) is 13.2 Å². The van der Waals surface area contributed by atoms with E-state index in [1.165, 1.54) is 32.9 Å². The molecule has 2 unspecified atom stereocenters. The first kappa shape index (κ1) is 37.6. The Labute approximate surface area is 272 Å². The number of alkyl halides is 3. The fraction of sp³-hybridized carbons (Fsp3) is 0.636. The second-order valence-corrected chi connectivity index (χ2v) is 13.2. The van der Waals surface area contributed by atoms with E-state index in [-0.39, 0.29) is 37.0 Å². The van der Waals surface area contributed by atoms with Crippen molar-refractivity contribution in [3.05, 3.63) is 35.9 Å². The number of ketones is 2. The fourth-order valence-corrected chi connectivity index (χ4v) is 5.90. The van der Waals surface area contributed by atoms with E-state index in [1.807, 2.05) is 13.8 Å². The van der Waals surface area contributed by atoms with Crippen molar-refractivity contribution >= 4 is 35.2 Å². The van der Waals surface area contributed by atoms with Crippen LogP contribution in [0.1, 0.15) is 83.5 Å². The monoisotopic (exact) mass is 666 g/mol.